The number of nitrogens with zero attached hydrogens (tertiary/aromatic N) is 2. The molecule has 0 spiro atoms. The van der Waals surface area contributed by atoms with E-state index < -0.39 is 22.4 Å². The van der Waals surface area contributed by atoms with Gasteiger partial charge in [-0.3, -0.25) is 9.78 Å². The molecule has 2 rings (SSSR count). The van der Waals surface area contributed by atoms with Crippen LogP contribution in [-0.2, 0) is 22.4 Å². The molecule has 1 unspecified atom stereocenters. The third-order valence-corrected chi connectivity index (χ3v) is 3.52. The van der Waals surface area contributed by atoms with Crippen molar-refractivity contribution in [2.24, 2.45) is 0 Å². The van der Waals surface area contributed by atoms with Gasteiger partial charge in [-0.25, -0.2) is 0 Å². The molecule has 0 saturated heterocycles. The lowest BCUT2D eigenvalue weighted by molar-refractivity contribution is -0.137. The summed E-state index contributed by atoms with van der Waals surface area (Å²) in [6, 6.07) is 5.03. The van der Waals surface area contributed by atoms with Crippen LogP contribution in [0.4, 0.5) is 13.2 Å². The van der Waals surface area contributed by atoms with Gasteiger partial charge in [0, 0.05) is 18.1 Å². The minimum absolute atomic E-state index is 0.0972. The average molecular weight is 345 g/mol. The van der Waals surface area contributed by atoms with E-state index in [-0.39, 0.29) is 12.2 Å². The molecule has 0 N–H and O–H groups in total. The van der Waals surface area contributed by atoms with Crippen LogP contribution in [0.2, 0.25) is 0 Å². The summed E-state index contributed by atoms with van der Waals surface area (Å²) in [5.74, 6) is -0.491. The monoisotopic (exact) mass is 344 g/mol. The summed E-state index contributed by atoms with van der Waals surface area (Å²) in [6.07, 6.45) is -1.80. The minimum Gasteiger partial charge on any atom is -0.342 e. The number of ketones is 1. The fourth-order valence-corrected chi connectivity index (χ4v) is 2.19. The van der Waals surface area contributed by atoms with Crippen molar-refractivity contribution < 1.29 is 22.8 Å². The number of aldehydes is 1. The number of hydrogen-bond acceptors (Lipinski definition) is 3. The molecule has 0 bridgehead atoms. The van der Waals surface area contributed by atoms with Gasteiger partial charge >= 0.3 is 6.18 Å². The Morgan fingerprint density at radius 3 is 2.57 bits per heavy atom. The van der Waals surface area contributed by atoms with E-state index in [0.29, 0.717) is 18.2 Å². The SMILES string of the molecule is CC(Cl)(C=O)c1cccn1CC(=O)c1ccc(C(F)(F)F)cn1. The number of rotatable bonds is 5. The molecular formula is C15H12ClF3N2O2. The molecule has 8 heteroatoms. The third-order valence-electron chi connectivity index (χ3n) is 3.24. The molecule has 0 fully saturated rings. The zero-order chi connectivity index (χ0) is 17.3. The first-order valence-corrected chi connectivity index (χ1v) is 6.90. The number of carbonyl (C=O) groups excluding carboxylic acids is 2. The summed E-state index contributed by atoms with van der Waals surface area (Å²) in [5, 5.41) is 0. The van der Waals surface area contributed by atoms with Crippen molar-refractivity contribution in [3.05, 3.63) is 53.6 Å². The molecule has 0 aromatic carbocycles. The van der Waals surface area contributed by atoms with E-state index in [0.717, 1.165) is 12.1 Å². The number of pyridine rings is 1. The molecule has 1 atom stereocenters. The number of Topliss-reactive ketones (excluding diaryl/α,β-unsaturated/α-hetero) is 1. The molecule has 23 heavy (non-hydrogen) atoms. The molecule has 4 nitrogen and oxygen atoms in total. The lowest BCUT2D eigenvalue weighted by Gasteiger charge is -2.17. The Bertz CT molecular complexity index is 721. The van der Waals surface area contributed by atoms with E-state index >= 15 is 0 Å². The van der Waals surface area contributed by atoms with Gasteiger partial charge in [0.1, 0.15) is 16.9 Å². The van der Waals surface area contributed by atoms with E-state index in [9.17, 15) is 22.8 Å². The van der Waals surface area contributed by atoms with Gasteiger partial charge in [0.25, 0.3) is 0 Å². The van der Waals surface area contributed by atoms with Crippen molar-refractivity contribution in [3.63, 3.8) is 0 Å². The standard InChI is InChI=1S/C15H12ClF3N2O2/c1-14(16,9-22)13-3-2-6-21(13)8-12(23)11-5-4-10(7-20-11)15(17,18)19/h2-7,9H,8H2,1H3. The predicted octanol–water partition coefficient (Wildman–Crippen LogP) is 3.44. The van der Waals surface area contributed by atoms with Gasteiger partial charge in [0.05, 0.1) is 12.1 Å². The van der Waals surface area contributed by atoms with Gasteiger partial charge in [-0.15, -0.1) is 11.6 Å². The summed E-state index contributed by atoms with van der Waals surface area (Å²) >= 11 is 6.05. The van der Waals surface area contributed by atoms with Crippen LogP contribution in [0.15, 0.2) is 36.7 Å². The largest absolute Gasteiger partial charge is 0.417 e. The second kappa shape index (κ2) is 6.16. The molecule has 0 aliphatic rings. The normalized spacial score (nSPS) is 14.3. The van der Waals surface area contributed by atoms with Gasteiger partial charge in [-0.1, -0.05) is 0 Å². The third kappa shape index (κ3) is 3.79. The number of alkyl halides is 4. The Kier molecular flexibility index (Phi) is 4.61. The van der Waals surface area contributed by atoms with E-state index in [2.05, 4.69) is 4.98 Å². The highest BCUT2D eigenvalue weighted by atomic mass is 35.5. The Morgan fingerprint density at radius 1 is 1.35 bits per heavy atom. The van der Waals surface area contributed by atoms with E-state index in [4.69, 9.17) is 11.6 Å². The maximum Gasteiger partial charge on any atom is 0.417 e. The zero-order valence-corrected chi connectivity index (χ0v) is 12.7. The van der Waals surface area contributed by atoms with Crippen molar-refractivity contribution >= 4 is 23.7 Å². The summed E-state index contributed by atoms with van der Waals surface area (Å²) in [4.78, 5) is 25.4. The average Bonchev–Trinajstić information content (AvgIpc) is 2.95. The minimum atomic E-state index is -4.51. The maximum atomic E-state index is 12.5. The zero-order valence-electron chi connectivity index (χ0n) is 12.0. The summed E-state index contributed by atoms with van der Waals surface area (Å²) in [6.45, 7) is 1.30. The van der Waals surface area contributed by atoms with Crippen molar-refractivity contribution in [1.82, 2.24) is 9.55 Å². The van der Waals surface area contributed by atoms with Gasteiger partial charge in [0.15, 0.2) is 0 Å². The van der Waals surface area contributed by atoms with E-state index in [1.165, 1.54) is 11.5 Å². The van der Waals surface area contributed by atoms with Gasteiger partial charge in [-0.05, 0) is 31.2 Å². The summed E-state index contributed by atoms with van der Waals surface area (Å²) < 4.78 is 38.9. The Labute approximate surface area is 134 Å². The molecule has 0 radical (unpaired) electrons. The highest BCUT2D eigenvalue weighted by molar-refractivity contribution is 6.31. The van der Waals surface area contributed by atoms with Crippen molar-refractivity contribution in [2.45, 2.75) is 24.5 Å². The lowest BCUT2D eigenvalue weighted by atomic mass is 10.1. The molecular weight excluding hydrogens is 333 g/mol. The maximum absolute atomic E-state index is 12.5. The van der Waals surface area contributed by atoms with Crippen LogP contribution in [0.25, 0.3) is 0 Å². The highest BCUT2D eigenvalue weighted by Gasteiger charge is 2.31. The summed E-state index contributed by atoms with van der Waals surface area (Å²) in [5.41, 5.74) is -0.612. The molecule has 122 valence electrons. The van der Waals surface area contributed by atoms with Crippen LogP contribution < -0.4 is 0 Å². The second-order valence-electron chi connectivity index (χ2n) is 5.07. The Balaban J connectivity index is 2.21. The first-order valence-electron chi connectivity index (χ1n) is 6.52. The Morgan fingerprint density at radius 2 is 2.04 bits per heavy atom. The fraction of sp³-hybridized carbons (Fsp3) is 0.267. The topological polar surface area (TPSA) is 52.0 Å². The highest BCUT2D eigenvalue weighted by Crippen LogP contribution is 2.29. The quantitative estimate of drug-likeness (QED) is 0.474. The molecule has 0 saturated carbocycles. The van der Waals surface area contributed by atoms with Crippen molar-refractivity contribution in [1.29, 1.82) is 0 Å². The van der Waals surface area contributed by atoms with Gasteiger partial charge in [0.2, 0.25) is 5.78 Å². The molecule has 2 aromatic rings. The molecule has 0 aliphatic carbocycles. The van der Waals surface area contributed by atoms with Crippen LogP contribution >= 0.6 is 11.6 Å². The van der Waals surface area contributed by atoms with Crippen LogP contribution in [0.5, 0.6) is 0 Å². The number of aromatic nitrogens is 2. The smallest absolute Gasteiger partial charge is 0.342 e. The first kappa shape index (κ1) is 17.2. The lowest BCUT2D eigenvalue weighted by Crippen LogP contribution is -2.23. The first-order chi connectivity index (χ1) is 10.6. The van der Waals surface area contributed by atoms with Gasteiger partial charge in [-0.2, -0.15) is 13.2 Å². The van der Waals surface area contributed by atoms with Gasteiger partial charge < -0.3 is 9.36 Å². The predicted molar refractivity (Wildman–Crippen MR) is 77.3 cm³/mol. The fourth-order valence-electron chi connectivity index (χ4n) is 2.02. The Hall–Kier alpha value is -2.15. The molecule has 2 aromatic heterocycles. The van der Waals surface area contributed by atoms with Crippen molar-refractivity contribution in [3.8, 4) is 0 Å². The number of hydrogen-bond donors (Lipinski definition) is 0. The van der Waals surface area contributed by atoms with Crippen LogP contribution in [0.3, 0.4) is 0 Å². The van der Waals surface area contributed by atoms with Crippen LogP contribution in [0, 0.1) is 0 Å². The molecule has 0 aliphatic heterocycles. The van der Waals surface area contributed by atoms with Crippen LogP contribution in [0.1, 0.15) is 28.7 Å². The number of halogens is 4. The van der Waals surface area contributed by atoms with Crippen LogP contribution in [-0.4, -0.2) is 21.6 Å². The molecule has 2 heterocycles. The van der Waals surface area contributed by atoms with E-state index in [1.807, 2.05) is 0 Å². The molecule has 0 amide bonds. The van der Waals surface area contributed by atoms with E-state index in [1.54, 1.807) is 18.3 Å². The summed E-state index contributed by atoms with van der Waals surface area (Å²) in [7, 11) is 0. The number of carbonyl (C=O) groups is 2. The second-order valence-corrected chi connectivity index (χ2v) is 5.85. The van der Waals surface area contributed by atoms with Crippen molar-refractivity contribution in [2.75, 3.05) is 0 Å².